The van der Waals surface area contributed by atoms with E-state index in [1.165, 1.54) is 10.7 Å². The van der Waals surface area contributed by atoms with Gasteiger partial charge in [0.15, 0.2) is 5.69 Å². The minimum atomic E-state index is -1.14. The summed E-state index contributed by atoms with van der Waals surface area (Å²) in [6.07, 6.45) is 0. The largest absolute Gasteiger partial charge is 0.476 e. The Morgan fingerprint density at radius 1 is 1.35 bits per heavy atom. The molecule has 0 aliphatic carbocycles. The number of carbonyl (C=O) groups is 1. The maximum Gasteiger partial charge on any atom is 0.358 e. The van der Waals surface area contributed by atoms with Crippen LogP contribution in [0.2, 0.25) is 0 Å². The Bertz CT molecular complexity index is 672. The van der Waals surface area contributed by atoms with Gasteiger partial charge in [0.25, 0.3) is 0 Å². The molecule has 2 aromatic rings. The van der Waals surface area contributed by atoms with Crippen LogP contribution in [-0.4, -0.2) is 26.1 Å². The number of hydrogen-bond donors (Lipinski definition) is 1. The van der Waals surface area contributed by atoms with E-state index in [0.29, 0.717) is 16.9 Å². The first-order valence-corrected chi connectivity index (χ1v) is 6.18. The van der Waals surface area contributed by atoms with Gasteiger partial charge < -0.3 is 5.11 Å². The van der Waals surface area contributed by atoms with Crippen molar-refractivity contribution in [3.05, 3.63) is 41.0 Å². The molecule has 2 rings (SSSR count). The third-order valence-electron chi connectivity index (χ3n) is 2.98. The third-order valence-corrected chi connectivity index (χ3v) is 2.98. The van der Waals surface area contributed by atoms with Gasteiger partial charge in [0.05, 0.1) is 11.4 Å². The molecule has 0 aliphatic heterocycles. The van der Waals surface area contributed by atoms with Crippen LogP contribution in [0.1, 0.15) is 42.5 Å². The number of hydrogen-bond acceptors (Lipinski definition) is 3. The second-order valence-corrected chi connectivity index (χ2v) is 5.69. The highest BCUT2D eigenvalue weighted by Gasteiger charge is 2.29. The van der Waals surface area contributed by atoms with Crippen molar-refractivity contribution in [1.29, 1.82) is 0 Å². The first-order chi connectivity index (χ1) is 9.21. The van der Waals surface area contributed by atoms with E-state index in [-0.39, 0.29) is 11.5 Å². The topological polar surface area (TPSA) is 68.0 Å². The molecule has 0 saturated carbocycles. The van der Waals surface area contributed by atoms with Crippen molar-refractivity contribution in [2.24, 2.45) is 0 Å². The smallest absolute Gasteiger partial charge is 0.358 e. The number of carboxylic acids is 1. The van der Waals surface area contributed by atoms with Crippen LogP contribution < -0.4 is 0 Å². The summed E-state index contributed by atoms with van der Waals surface area (Å²) in [7, 11) is 0. The molecule has 1 heterocycles. The standard InChI is InChI=1S/C14H16FN3O2/c1-8-5-6-9(7-10(8)15)18-12(14(2,3)4)11(13(19)20)16-17-18/h5-7H,1-4H3,(H,19,20). The number of aromatic carboxylic acids is 1. The Hall–Kier alpha value is -2.24. The molecule has 6 heteroatoms. The van der Waals surface area contributed by atoms with Crippen LogP contribution >= 0.6 is 0 Å². The maximum atomic E-state index is 13.7. The van der Waals surface area contributed by atoms with E-state index in [1.807, 2.05) is 20.8 Å². The predicted molar refractivity (Wildman–Crippen MR) is 71.7 cm³/mol. The summed E-state index contributed by atoms with van der Waals surface area (Å²) in [5.41, 5.74) is 0.813. The molecule has 5 nitrogen and oxygen atoms in total. The average molecular weight is 277 g/mol. The van der Waals surface area contributed by atoms with E-state index in [0.717, 1.165) is 0 Å². The van der Waals surface area contributed by atoms with Gasteiger partial charge >= 0.3 is 5.97 Å². The summed E-state index contributed by atoms with van der Waals surface area (Å²) in [5, 5.41) is 16.8. The van der Waals surface area contributed by atoms with E-state index in [2.05, 4.69) is 10.3 Å². The molecule has 0 saturated heterocycles. The molecule has 0 radical (unpaired) electrons. The second-order valence-electron chi connectivity index (χ2n) is 5.69. The fraction of sp³-hybridized carbons (Fsp3) is 0.357. The second kappa shape index (κ2) is 4.70. The van der Waals surface area contributed by atoms with Gasteiger partial charge in [-0.1, -0.05) is 32.1 Å². The van der Waals surface area contributed by atoms with Gasteiger partial charge in [-0.3, -0.25) is 0 Å². The lowest BCUT2D eigenvalue weighted by molar-refractivity contribution is 0.0687. The highest BCUT2D eigenvalue weighted by atomic mass is 19.1. The van der Waals surface area contributed by atoms with Crippen LogP contribution in [0.4, 0.5) is 4.39 Å². The number of benzene rings is 1. The highest BCUT2D eigenvalue weighted by molar-refractivity contribution is 5.87. The van der Waals surface area contributed by atoms with Gasteiger partial charge in [-0.15, -0.1) is 5.10 Å². The van der Waals surface area contributed by atoms with Crippen molar-refractivity contribution in [3.8, 4) is 5.69 Å². The SMILES string of the molecule is Cc1ccc(-n2nnc(C(=O)O)c2C(C)(C)C)cc1F. The minimum absolute atomic E-state index is 0.113. The summed E-state index contributed by atoms with van der Waals surface area (Å²) in [4.78, 5) is 11.2. The van der Waals surface area contributed by atoms with E-state index in [4.69, 9.17) is 0 Å². The van der Waals surface area contributed by atoms with Crippen LogP contribution in [-0.2, 0) is 5.41 Å². The van der Waals surface area contributed by atoms with Gasteiger partial charge in [0, 0.05) is 5.41 Å². The number of aryl methyl sites for hydroxylation is 1. The van der Waals surface area contributed by atoms with Gasteiger partial charge in [0.1, 0.15) is 5.82 Å². The van der Waals surface area contributed by atoms with Gasteiger partial charge in [0.2, 0.25) is 0 Å². The molecule has 0 bridgehead atoms. The number of halogens is 1. The quantitative estimate of drug-likeness (QED) is 0.916. The molecule has 106 valence electrons. The Morgan fingerprint density at radius 3 is 2.50 bits per heavy atom. The van der Waals surface area contributed by atoms with Crippen molar-refractivity contribution >= 4 is 5.97 Å². The fourth-order valence-electron chi connectivity index (χ4n) is 1.99. The molecule has 1 aromatic heterocycles. The summed E-state index contributed by atoms with van der Waals surface area (Å²) in [6, 6.07) is 4.64. The number of carboxylic acid groups (broad SMARTS) is 1. The van der Waals surface area contributed by atoms with E-state index in [1.54, 1.807) is 19.1 Å². The van der Waals surface area contributed by atoms with Crippen molar-refractivity contribution in [2.45, 2.75) is 33.1 Å². The van der Waals surface area contributed by atoms with Crippen LogP contribution in [0, 0.1) is 12.7 Å². The Balaban J connectivity index is 2.68. The van der Waals surface area contributed by atoms with E-state index >= 15 is 0 Å². The van der Waals surface area contributed by atoms with Crippen molar-refractivity contribution in [3.63, 3.8) is 0 Å². The van der Waals surface area contributed by atoms with Crippen LogP contribution in [0.5, 0.6) is 0 Å². The molecular formula is C14H16FN3O2. The lowest BCUT2D eigenvalue weighted by Gasteiger charge is -2.20. The van der Waals surface area contributed by atoms with Gasteiger partial charge in [-0.05, 0) is 24.6 Å². The molecule has 0 fully saturated rings. The third kappa shape index (κ3) is 2.41. The summed E-state index contributed by atoms with van der Waals surface area (Å²) >= 11 is 0. The summed E-state index contributed by atoms with van der Waals surface area (Å²) in [5.74, 6) is -1.51. The highest BCUT2D eigenvalue weighted by Crippen LogP contribution is 2.27. The predicted octanol–water partition coefficient (Wildman–Crippen LogP) is 2.71. The number of aromatic nitrogens is 3. The zero-order valence-electron chi connectivity index (χ0n) is 11.8. The molecular weight excluding hydrogens is 261 g/mol. The molecule has 0 amide bonds. The van der Waals surface area contributed by atoms with Gasteiger partial charge in [-0.25, -0.2) is 13.9 Å². The summed E-state index contributed by atoms with van der Waals surface area (Å²) < 4.78 is 15.1. The molecule has 0 spiro atoms. The first-order valence-electron chi connectivity index (χ1n) is 6.18. The maximum absolute atomic E-state index is 13.7. The monoisotopic (exact) mass is 277 g/mol. The molecule has 1 N–H and O–H groups in total. The number of rotatable bonds is 2. The normalized spacial score (nSPS) is 11.7. The van der Waals surface area contributed by atoms with Crippen molar-refractivity contribution in [1.82, 2.24) is 15.0 Å². The van der Waals surface area contributed by atoms with Gasteiger partial charge in [-0.2, -0.15) is 0 Å². The lowest BCUT2D eigenvalue weighted by Crippen LogP contribution is -2.21. The molecule has 0 unspecified atom stereocenters. The first kappa shape index (κ1) is 14.2. The van der Waals surface area contributed by atoms with E-state index < -0.39 is 11.4 Å². The van der Waals surface area contributed by atoms with E-state index in [9.17, 15) is 14.3 Å². The summed E-state index contributed by atoms with van der Waals surface area (Å²) in [6.45, 7) is 7.24. The Kier molecular flexibility index (Phi) is 3.33. The van der Waals surface area contributed by atoms with Crippen LogP contribution in [0.25, 0.3) is 5.69 Å². The molecule has 20 heavy (non-hydrogen) atoms. The Morgan fingerprint density at radius 2 is 2.00 bits per heavy atom. The van der Waals surface area contributed by atoms with Crippen molar-refractivity contribution < 1.29 is 14.3 Å². The average Bonchev–Trinajstić information content (AvgIpc) is 2.77. The zero-order valence-corrected chi connectivity index (χ0v) is 11.8. The zero-order chi connectivity index (χ0) is 15.1. The number of nitrogens with zero attached hydrogens (tertiary/aromatic N) is 3. The minimum Gasteiger partial charge on any atom is -0.476 e. The molecule has 0 atom stereocenters. The Labute approximate surface area is 116 Å². The molecule has 0 aliphatic rings. The lowest BCUT2D eigenvalue weighted by atomic mass is 9.90. The molecule has 1 aromatic carbocycles. The van der Waals surface area contributed by atoms with Crippen LogP contribution in [0.15, 0.2) is 18.2 Å². The van der Waals surface area contributed by atoms with Crippen LogP contribution in [0.3, 0.4) is 0 Å². The van der Waals surface area contributed by atoms with Crippen molar-refractivity contribution in [2.75, 3.05) is 0 Å². The fourth-order valence-corrected chi connectivity index (χ4v) is 1.99.